The van der Waals surface area contributed by atoms with E-state index in [0.717, 1.165) is 12.2 Å². The first-order valence-electron chi connectivity index (χ1n) is 4.00. The van der Waals surface area contributed by atoms with Crippen LogP contribution in [0.4, 0.5) is 0 Å². The average Bonchev–Trinajstić information content (AvgIpc) is 2.16. The van der Waals surface area contributed by atoms with Crippen LogP contribution in [0.2, 0.25) is 0 Å². The van der Waals surface area contributed by atoms with Crippen molar-refractivity contribution in [2.75, 3.05) is 0 Å². The number of nitrogens with zero attached hydrogens (tertiary/aromatic N) is 1. The van der Waals surface area contributed by atoms with Crippen LogP contribution in [0, 0.1) is 10.1 Å². The van der Waals surface area contributed by atoms with Crippen molar-refractivity contribution in [3.05, 3.63) is 33.5 Å². The van der Waals surface area contributed by atoms with Gasteiger partial charge in [0, 0.05) is 24.1 Å². The van der Waals surface area contributed by atoms with Crippen molar-refractivity contribution in [1.29, 1.82) is 0 Å². The summed E-state index contributed by atoms with van der Waals surface area (Å²) in [6.07, 6.45) is 1.54. The molecule has 0 heterocycles. The van der Waals surface area contributed by atoms with Crippen molar-refractivity contribution >= 4 is 34.5 Å². The summed E-state index contributed by atoms with van der Waals surface area (Å²) < 4.78 is -1.58. The number of rotatable bonds is 3. The van der Waals surface area contributed by atoms with Gasteiger partial charge in [-0.3, -0.25) is 14.9 Å². The van der Waals surface area contributed by atoms with Crippen molar-refractivity contribution in [2.24, 2.45) is 0 Å². The number of halogens is 1. The third kappa shape index (κ3) is 2.38. The Labute approximate surface area is 103 Å². The maximum atomic E-state index is 10.9. The maximum absolute atomic E-state index is 10.9. The minimum atomic E-state index is -1.58. The molecule has 0 saturated carbocycles. The minimum Gasteiger partial charge on any atom is -0.480 e. The van der Waals surface area contributed by atoms with E-state index in [-0.39, 0.29) is 12.0 Å². The topological polar surface area (TPSA) is 118 Å². The molecule has 1 atom stereocenters. The first-order chi connectivity index (χ1) is 7.26. The molecule has 1 rings (SSSR count). The van der Waals surface area contributed by atoms with Gasteiger partial charge in [-0.25, -0.2) is 4.79 Å². The molecule has 0 bridgehead atoms. The fourth-order valence-electron chi connectivity index (χ4n) is 1.21. The Balaban J connectivity index is 3.25. The number of allylic oxidation sites excluding steroid dienone is 1. The van der Waals surface area contributed by atoms with Crippen LogP contribution in [-0.4, -0.2) is 30.5 Å². The van der Waals surface area contributed by atoms with Crippen LogP contribution in [-0.2, 0) is 9.59 Å². The smallest absolute Gasteiger partial charge is 0.331 e. The monoisotopic (exact) mass is 339 g/mol. The highest BCUT2D eigenvalue weighted by molar-refractivity contribution is 14.1. The zero-order valence-electron chi connectivity index (χ0n) is 7.71. The summed E-state index contributed by atoms with van der Waals surface area (Å²) >= 11 is 1.49. The van der Waals surface area contributed by atoms with Gasteiger partial charge < -0.3 is 10.2 Å². The average molecular weight is 339 g/mol. The number of carboxylic acids is 2. The van der Waals surface area contributed by atoms with Crippen LogP contribution in [0.5, 0.6) is 0 Å². The summed E-state index contributed by atoms with van der Waals surface area (Å²) in [6, 6.07) is 0. The first kappa shape index (κ1) is 12.6. The molecule has 0 radical (unpaired) electrons. The normalized spacial score (nSPS) is 24.3. The molecule has 0 fully saturated rings. The van der Waals surface area contributed by atoms with E-state index >= 15 is 0 Å². The molecule has 0 amide bonds. The Morgan fingerprint density at radius 1 is 1.50 bits per heavy atom. The van der Waals surface area contributed by atoms with Crippen molar-refractivity contribution in [2.45, 2.75) is 9.84 Å². The zero-order valence-corrected chi connectivity index (χ0v) is 9.87. The van der Waals surface area contributed by atoms with Gasteiger partial charge in [-0.1, -0.05) is 22.6 Å². The molecule has 0 aromatic carbocycles. The van der Waals surface area contributed by atoms with Crippen LogP contribution in [0.3, 0.4) is 0 Å². The van der Waals surface area contributed by atoms with Gasteiger partial charge in [-0.2, -0.15) is 0 Å². The predicted molar refractivity (Wildman–Crippen MR) is 59.8 cm³/mol. The molecule has 1 unspecified atom stereocenters. The lowest BCUT2D eigenvalue weighted by molar-refractivity contribution is -0.419. The van der Waals surface area contributed by atoms with E-state index in [1.165, 1.54) is 22.6 Å². The Morgan fingerprint density at radius 3 is 2.44 bits per heavy atom. The first-order valence-corrected chi connectivity index (χ1v) is 5.07. The summed E-state index contributed by atoms with van der Waals surface area (Å²) in [7, 11) is 0. The lowest BCUT2D eigenvalue weighted by Gasteiger charge is -2.21. The van der Waals surface area contributed by atoms with Crippen molar-refractivity contribution in [3.63, 3.8) is 0 Å². The number of carboxylic acid groups (broad SMARTS) is 2. The SMILES string of the molecule is O=C(O)C1=CC([N+](=O)[O-])=CC(I)(C(=O)O)C1. The number of aliphatic carboxylic acids is 2. The van der Waals surface area contributed by atoms with Crippen LogP contribution in [0.1, 0.15) is 6.42 Å². The van der Waals surface area contributed by atoms with Crippen molar-refractivity contribution < 1.29 is 24.7 Å². The van der Waals surface area contributed by atoms with E-state index in [1.54, 1.807) is 0 Å². The summed E-state index contributed by atoms with van der Waals surface area (Å²) in [5.74, 6) is -2.66. The minimum absolute atomic E-state index is 0.282. The second-order valence-corrected chi connectivity index (χ2v) is 5.07. The van der Waals surface area contributed by atoms with Crippen LogP contribution >= 0.6 is 22.6 Å². The zero-order chi connectivity index (χ0) is 12.5. The molecule has 0 aliphatic heterocycles. The molecule has 16 heavy (non-hydrogen) atoms. The molecule has 1 aliphatic rings. The van der Waals surface area contributed by atoms with E-state index in [2.05, 4.69) is 0 Å². The molecule has 1 aliphatic carbocycles. The number of hydrogen-bond donors (Lipinski definition) is 2. The second kappa shape index (κ2) is 4.20. The maximum Gasteiger partial charge on any atom is 0.331 e. The van der Waals surface area contributed by atoms with E-state index in [1.807, 2.05) is 0 Å². The third-order valence-electron chi connectivity index (χ3n) is 1.99. The number of carbonyl (C=O) groups is 2. The second-order valence-electron chi connectivity index (χ2n) is 3.15. The van der Waals surface area contributed by atoms with Gasteiger partial charge >= 0.3 is 11.9 Å². The van der Waals surface area contributed by atoms with Gasteiger partial charge in [0.1, 0.15) is 3.42 Å². The quantitative estimate of drug-likeness (QED) is 0.340. The molecule has 0 saturated heterocycles. The molecule has 0 aromatic rings. The van der Waals surface area contributed by atoms with E-state index in [4.69, 9.17) is 10.2 Å². The lowest BCUT2D eigenvalue weighted by Crippen LogP contribution is -2.34. The van der Waals surface area contributed by atoms with Gasteiger partial charge in [0.25, 0.3) is 5.70 Å². The number of hydrogen-bond acceptors (Lipinski definition) is 4. The Hall–Kier alpha value is -1.45. The summed E-state index contributed by atoms with van der Waals surface area (Å²) in [5.41, 5.74) is -0.800. The van der Waals surface area contributed by atoms with Crippen LogP contribution in [0.25, 0.3) is 0 Å². The van der Waals surface area contributed by atoms with Crippen molar-refractivity contribution in [3.8, 4) is 0 Å². The Kier molecular flexibility index (Phi) is 3.31. The standard InChI is InChI=1S/C8H6INO6/c9-8(7(13)14)2-4(6(11)12)1-5(3-8)10(15)16/h1,3H,2H2,(H,11,12)(H,13,14). The number of nitro groups is 1. The highest BCUT2D eigenvalue weighted by Gasteiger charge is 2.41. The Morgan fingerprint density at radius 2 is 2.06 bits per heavy atom. The molecule has 2 N–H and O–H groups in total. The summed E-state index contributed by atoms with van der Waals surface area (Å²) in [5, 5.41) is 28.2. The van der Waals surface area contributed by atoms with Crippen LogP contribution < -0.4 is 0 Å². The molecule has 8 heteroatoms. The van der Waals surface area contributed by atoms with Crippen molar-refractivity contribution in [1.82, 2.24) is 0 Å². The molecule has 0 spiro atoms. The van der Waals surface area contributed by atoms with Gasteiger partial charge in [0.15, 0.2) is 0 Å². The number of alkyl halides is 1. The van der Waals surface area contributed by atoms with E-state index in [9.17, 15) is 19.7 Å². The predicted octanol–water partition coefficient (Wildman–Crippen LogP) is 0.820. The molecular formula is C8H6INO6. The van der Waals surface area contributed by atoms with Gasteiger partial charge in [-0.05, 0) is 0 Å². The lowest BCUT2D eigenvalue weighted by atomic mass is 9.93. The largest absolute Gasteiger partial charge is 0.480 e. The van der Waals surface area contributed by atoms with Gasteiger partial charge in [0.05, 0.1) is 4.92 Å². The van der Waals surface area contributed by atoms with Gasteiger partial charge in [0.2, 0.25) is 0 Å². The highest BCUT2D eigenvalue weighted by Crippen LogP contribution is 2.35. The van der Waals surface area contributed by atoms with E-state index in [0.29, 0.717) is 0 Å². The third-order valence-corrected chi connectivity index (χ3v) is 3.14. The fourth-order valence-corrected chi connectivity index (χ4v) is 1.94. The molecule has 0 aromatic heterocycles. The highest BCUT2D eigenvalue weighted by atomic mass is 127. The summed E-state index contributed by atoms with van der Waals surface area (Å²) in [6.45, 7) is 0. The molecular weight excluding hydrogens is 333 g/mol. The molecule has 7 nitrogen and oxygen atoms in total. The fraction of sp³-hybridized carbons (Fsp3) is 0.250. The van der Waals surface area contributed by atoms with Gasteiger partial charge in [-0.15, -0.1) is 0 Å². The summed E-state index contributed by atoms with van der Waals surface area (Å²) in [4.78, 5) is 31.4. The van der Waals surface area contributed by atoms with E-state index < -0.39 is 26.0 Å². The van der Waals surface area contributed by atoms with Crippen LogP contribution in [0.15, 0.2) is 23.4 Å². The molecule has 86 valence electrons. The Bertz CT molecular complexity index is 440.